The highest BCUT2D eigenvalue weighted by Crippen LogP contribution is 2.34. The highest BCUT2D eigenvalue weighted by Gasteiger charge is 2.15. The van der Waals surface area contributed by atoms with Gasteiger partial charge in [-0.1, -0.05) is 36.4 Å². The number of ether oxygens (including phenoxy) is 1. The number of nitriles is 1. The fourth-order valence-corrected chi connectivity index (χ4v) is 2.09. The fraction of sp³-hybridized carbons (Fsp3) is 0.312. The van der Waals surface area contributed by atoms with Crippen LogP contribution in [0.25, 0.3) is 10.8 Å². The molecule has 2 aromatic rings. The normalized spacial score (nSPS) is 13.8. The number of rotatable bonds is 4. The maximum Gasteiger partial charge on any atom is 0.181 e. The van der Waals surface area contributed by atoms with E-state index in [-0.39, 0.29) is 6.04 Å². The molecule has 0 heterocycles. The van der Waals surface area contributed by atoms with E-state index < -0.39 is 6.10 Å². The van der Waals surface area contributed by atoms with Crippen molar-refractivity contribution in [1.29, 1.82) is 5.26 Å². The minimum Gasteiger partial charge on any atom is -0.475 e. The van der Waals surface area contributed by atoms with Crippen molar-refractivity contribution >= 4 is 10.8 Å². The van der Waals surface area contributed by atoms with Crippen molar-refractivity contribution in [2.24, 2.45) is 0 Å². The minimum atomic E-state index is -0.464. The number of hydrogen-bond acceptors (Lipinski definition) is 3. The summed E-state index contributed by atoms with van der Waals surface area (Å²) in [5.41, 5.74) is 1.07. The number of benzene rings is 2. The van der Waals surface area contributed by atoms with Crippen LogP contribution in [0, 0.1) is 11.3 Å². The van der Waals surface area contributed by atoms with E-state index in [4.69, 9.17) is 10.00 Å². The molecule has 3 nitrogen and oxygen atoms in total. The third-order valence-corrected chi connectivity index (χ3v) is 3.29. The van der Waals surface area contributed by atoms with Crippen LogP contribution >= 0.6 is 0 Å². The van der Waals surface area contributed by atoms with Crippen LogP contribution in [-0.4, -0.2) is 13.2 Å². The summed E-state index contributed by atoms with van der Waals surface area (Å²) in [6.45, 7) is 3.84. The van der Waals surface area contributed by atoms with E-state index in [0.717, 1.165) is 22.1 Å². The second-order valence-corrected chi connectivity index (χ2v) is 4.60. The van der Waals surface area contributed by atoms with Gasteiger partial charge < -0.3 is 10.1 Å². The van der Waals surface area contributed by atoms with Crippen LogP contribution in [0.4, 0.5) is 0 Å². The summed E-state index contributed by atoms with van der Waals surface area (Å²) in [6.07, 6.45) is -0.464. The molecule has 0 aromatic heterocycles. The Morgan fingerprint density at radius 3 is 2.58 bits per heavy atom. The second kappa shape index (κ2) is 5.73. The number of fused-ring (bicyclic) bond motifs is 1. The molecule has 0 radical (unpaired) electrons. The Balaban J connectivity index is 2.61. The van der Waals surface area contributed by atoms with Gasteiger partial charge in [0.25, 0.3) is 0 Å². The minimum absolute atomic E-state index is 0.172. The molecule has 0 bridgehead atoms. The van der Waals surface area contributed by atoms with Gasteiger partial charge >= 0.3 is 0 Å². The average molecular weight is 254 g/mol. The number of nitrogens with zero attached hydrogens (tertiary/aromatic N) is 1. The number of nitrogens with one attached hydrogen (secondary N) is 1. The first-order valence-electron chi connectivity index (χ1n) is 6.42. The lowest BCUT2D eigenvalue weighted by atomic mass is 10.0. The standard InChI is InChI=1S/C16H18N2O/c1-11(10-17)19-16-14(12(2)18-3)9-8-13-6-4-5-7-15(13)16/h4-9,11-12,18H,1-3H3. The van der Waals surface area contributed by atoms with E-state index in [1.54, 1.807) is 6.92 Å². The quantitative estimate of drug-likeness (QED) is 0.909. The molecule has 0 aliphatic carbocycles. The summed E-state index contributed by atoms with van der Waals surface area (Å²) in [7, 11) is 1.91. The maximum absolute atomic E-state index is 8.96. The zero-order valence-corrected chi connectivity index (χ0v) is 11.5. The first-order valence-corrected chi connectivity index (χ1v) is 6.42. The van der Waals surface area contributed by atoms with Gasteiger partial charge in [-0.2, -0.15) is 5.26 Å². The lowest BCUT2D eigenvalue weighted by Crippen LogP contribution is -2.16. The van der Waals surface area contributed by atoms with Crippen LogP contribution in [0.3, 0.4) is 0 Å². The van der Waals surface area contributed by atoms with Crippen LogP contribution in [0.5, 0.6) is 5.75 Å². The second-order valence-electron chi connectivity index (χ2n) is 4.60. The van der Waals surface area contributed by atoms with Crippen molar-refractivity contribution in [3.8, 4) is 11.8 Å². The summed E-state index contributed by atoms with van der Waals surface area (Å²) in [5, 5.41) is 14.3. The van der Waals surface area contributed by atoms with Crippen LogP contribution in [0.15, 0.2) is 36.4 Å². The summed E-state index contributed by atoms with van der Waals surface area (Å²) >= 11 is 0. The van der Waals surface area contributed by atoms with E-state index in [0.29, 0.717) is 0 Å². The zero-order valence-electron chi connectivity index (χ0n) is 11.5. The average Bonchev–Trinajstić information content (AvgIpc) is 2.46. The van der Waals surface area contributed by atoms with Crippen LogP contribution in [0.1, 0.15) is 25.5 Å². The highest BCUT2D eigenvalue weighted by atomic mass is 16.5. The van der Waals surface area contributed by atoms with Crippen molar-refractivity contribution in [2.45, 2.75) is 26.0 Å². The smallest absolute Gasteiger partial charge is 0.181 e. The van der Waals surface area contributed by atoms with Gasteiger partial charge in [0.2, 0.25) is 0 Å². The van der Waals surface area contributed by atoms with Crippen molar-refractivity contribution in [1.82, 2.24) is 5.32 Å². The summed E-state index contributed by atoms with van der Waals surface area (Å²) in [4.78, 5) is 0. The van der Waals surface area contributed by atoms with E-state index in [1.165, 1.54) is 0 Å². The van der Waals surface area contributed by atoms with Crippen molar-refractivity contribution in [3.05, 3.63) is 42.0 Å². The van der Waals surface area contributed by atoms with E-state index >= 15 is 0 Å². The Labute approximate surface area is 113 Å². The van der Waals surface area contributed by atoms with Crippen molar-refractivity contribution < 1.29 is 4.74 Å². The Morgan fingerprint density at radius 2 is 1.89 bits per heavy atom. The molecule has 3 heteroatoms. The van der Waals surface area contributed by atoms with Crippen LogP contribution < -0.4 is 10.1 Å². The first-order chi connectivity index (χ1) is 9.17. The molecule has 1 N–H and O–H groups in total. The van der Waals surface area contributed by atoms with Gasteiger partial charge in [-0.25, -0.2) is 0 Å². The molecular weight excluding hydrogens is 236 g/mol. The van der Waals surface area contributed by atoms with E-state index in [2.05, 4.69) is 30.4 Å². The van der Waals surface area contributed by atoms with Crippen molar-refractivity contribution in [3.63, 3.8) is 0 Å². The first kappa shape index (κ1) is 13.4. The van der Waals surface area contributed by atoms with Gasteiger partial charge in [0.15, 0.2) is 6.10 Å². The molecule has 2 atom stereocenters. The maximum atomic E-state index is 8.96. The molecule has 0 saturated heterocycles. The summed E-state index contributed by atoms with van der Waals surface area (Å²) in [6, 6.07) is 14.5. The van der Waals surface area contributed by atoms with Crippen molar-refractivity contribution in [2.75, 3.05) is 7.05 Å². The highest BCUT2D eigenvalue weighted by molar-refractivity contribution is 5.89. The Hall–Kier alpha value is -2.05. The lowest BCUT2D eigenvalue weighted by molar-refractivity contribution is 0.275. The zero-order chi connectivity index (χ0) is 13.8. The molecule has 2 rings (SSSR count). The van der Waals surface area contributed by atoms with Gasteiger partial charge in [-0.15, -0.1) is 0 Å². The molecule has 0 aliphatic rings. The predicted octanol–water partition coefficient (Wildman–Crippen LogP) is 3.41. The molecule has 0 spiro atoms. The van der Waals surface area contributed by atoms with Crippen LogP contribution in [-0.2, 0) is 0 Å². The van der Waals surface area contributed by atoms with Crippen LogP contribution in [0.2, 0.25) is 0 Å². The molecule has 2 unspecified atom stereocenters. The third kappa shape index (κ3) is 2.69. The van der Waals surface area contributed by atoms with Gasteiger partial charge in [0.1, 0.15) is 11.8 Å². The Kier molecular flexibility index (Phi) is 4.03. The SMILES string of the molecule is CNC(C)c1ccc2ccccc2c1OC(C)C#N. The monoisotopic (exact) mass is 254 g/mol. The van der Waals surface area contributed by atoms with Gasteiger partial charge in [0.05, 0.1) is 0 Å². The Morgan fingerprint density at radius 1 is 1.16 bits per heavy atom. The molecule has 98 valence electrons. The molecule has 0 fully saturated rings. The summed E-state index contributed by atoms with van der Waals surface area (Å²) in [5.74, 6) is 0.800. The fourth-order valence-electron chi connectivity index (χ4n) is 2.09. The van der Waals surface area contributed by atoms with E-state index in [9.17, 15) is 0 Å². The van der Waals surface area contributed by atoms with Gasteiger partial charge in [0, 0.05) is 17.0 Å². The summed E-state index contributed by atoms with van der Waals surface area (Å²) < 4.78 is 5.83. The molecule has 0 amide bonds. The van der Waals surface area contributed by atoms with Gasteiger partial charge in [-0.05, 0) is 26.3 Å². The largest absolute Gasteiger partial charge is 0.475 e. The Bertz CT molecular complexity index is 616. The number of hydrogen-bond donors (Lipinski definition) is 1. The third-order valence-electron chi connectivity index (χ3n) is 3.29. The topological polar surface area (TPSA) is 45.0 Å². The molecular formula is C16H18N2O. The molecule has 19 heavy (non-hydrogen) atoms. The predicted molar refractivity (Wildman–Crippen MR) is 77.1 cm³/mol. The molecule has 0 aliphatic heterocycles. The van der Waals surface area contributed by atoms with Gasteiger partial charge in [-0.3, -0.25) is 0 Å². The molecule has 0 saturated carbocycles. The van der Waals surface area contributed by atoms with E-state index in [1.807, 2.05) is 31.3 Å². The molecule has 2 aromatic carbocycles. The lowest BCUT2D eigenvalue weighted by Gasteiger charge is -2.19.